The van der Waals surface area contributed by atoms with Gasteiger partial charge in [-0.05, 0) is 37.9 Å². The van der Waals surface area contributed by atoms with E-state index in [0.29, 0.717) is 11.9 Å². The van der Waals surface area contributed by atoms with Crippen LogP contribution < -0.4 is 0 Å². The van der Waals surface area contributed by atoms with Gasteiger partial charge in [-0.25, -0.2) is 9.97 Å². The Kier molecular flexibility index (Phi) is 5.16. The van der Waals surface area contributed by atoms with Crippen molar-refractivity contribution < 1.29 is 4.42 Å². The van der Waals surface area contributed by atoms with Crippen LogP contribution in [0.5, 0.6) is 0 Å². The number of oxazole rings is 1. The quantitative estimate of drug-likeness (QED) is 0.672. The van der Waals surface area contributed by atoms with E-state index < -0.39 is 0 Å². The summed E-state index contributed by atoms with van der Waals surface area (Å²) in [6.45, 7) is 2.00. The fraction of sp³-hybridized carbons (Fsp3) is 0.429. The molecular formula is C21H26N4O. The van der Waals surface area contributed by atoms with Crippen molar-refractivity contribution >= 4 is 0 Å². The third-order valence-electron chi connectivity index (χ3n) is 5.31. The molecule has 0 bridgehead atoms. The van der Waals surface area contributed by atoms with Crippen LogP contribution in [0.25, 0.3) is 11.5 Å². The Morgan fingerprint density at radius 2 is 2.08 bits per heavy atom. The standard InChI is InChI=1S/C21H26N4O/c1-24-14-12-22-20(24)11-10-19-9-5-6-13-25(19)15-18-16-26-21(23-18)17-7-3-2-4-8-17/h2-4,7-8,12,14,16,19H,5-6,9-11,13,15H2,1H3/t19-/m0/s1. The maximum absolute atomic E-state index is 5.71. The van der Waals surface area contributed by atoms with Crippen molar-refractivity contribution in [2.45, 2.75) is 44.7 Å². The third kappa shape index (κ3) is 3.88. The van der Waals surface area contributed by atoms with Crippen molar-refractivity contribution in [2.24, 2.45) is 7.05 Å². The second kappa shape index (κ2) is 7.87. The van der Waals surface area contributed by atoms with Gasteiger partial charge in [-0.1, -0.05) is 24.6 Å². The number of imidazole rings is 1. The van der Waals surface area contributed by atoms with Crippen molar-refractivity contribution in [3.8, 4) is 11.5 Å². The Morgan fingerprint density at radius 1 is 1.19 bits per heavy atom. The van der Waals surface area contributed by atoms with Crippen LogP contribution in [0.4, 0.5) is 0 Å². The first kappa shape index (κ1) is 17.0. The van der Waals surface area contributed by atoms with Gasteiger partial charge in [0.25, 0.3) is 0 Å². The topological polar surface area (TPSA) is 47.1 Å². The van der Waals surface area contributed by atoms with Crippen LogP contribution in [0, 0.1) is 0 Å². The monoisotopic (exact) mass is 350 g/mol. The predicted molar refractivity (Wildman–Crippen MR) is 102 cm³/mol. The van der Waals surface area contributed by atoms with Gasteiger partial charge in [-0.2, -0.15) is 0 Å². The molecule has 0 radical (unpaired) electrons. The number of aryl methyl sites for hydroxylation is 2. The summed E-state index contributed by atoms with van der Waals surface area (Å²) in [4.78, 5) is 11.7. The smallest absolute Gasteiger partial charge is 0.226 e. The molecule has 0 unspecified atom stereocenters. The molecule has 3 heterocycles. The summed E-state index contributed by atoms with van der Waals surface area (Å²) in [6.07, 6.45) is 11.7. The molecular weight excluding hydrogens is 324 g/mol. The fourth-order valence-electron chi connectivity index (χ4n) is 3.83. The number of piperidine rings is 1. The molecule has 0 saturated carbocycles. The number of hydrogen-bond acceptors (Lipinski definition) is 4. The molecule has 4 rings (SSSR count). The largest absolute Gasteiger partial charge is 0.444 e. The van der Waals surface area contributed by atoms with Crippen LogP contribution in [-0.4, -0.2) is 32.0 Å². The summed E-state index contributed by atoms with van der Waals surface area (Å²) in [5.74, 6) is 1.88. The van der Waals surface area contributed by atoms with Crippen LogP contribution >= 0.6 is 0 Å². The Balaban J connectivity index is 1.40. The molecule has 1 aliphatic heterocycles. The second-order valence-corrected chi connectivity index (χ2v) is 7.12. The molecule has 0 spiro atoms. The Morgan fingerprint density at radius 3 is 2.88 bits per heavy atom. The molecule has 0 N–H and O–H groups in total. The second-order valence-electron chi connectivity index (χ2n) is 7.12. The Bertz CT molecular complexity index is 823. The van der Waals surface area contributed by atoms with Gasteiger partial charge in [-0.3, -0.25) is 4.90 Å². The molecule has 1 atom stereocenters. The molecule has 0 amide bonds. The zero-order valence-electron chi connectivity index (χ0n) is 15.3. The minimum atomic E-state index is 0.595. The minimum Gasteiger partial charge on any atom is -0.444 e. The average Bonchev–Trinajstić information content (AvgIpc) is 3.31. The lowest BCUT2D eigenvalue weighted by atomic mass is 9.97. The Hall–Kier alpha value is -2.40. The van der Waals surface area contributed by atoms with Gasteiger partial charge in [0.2, 0.25) is 5.89 Å². The minimum absolute atomic E-state index is 0.595. The van der Waals surface area contributed by atoms with E-state index in [4.69, 9.17) is 9.40 Å². The van der Waals surface area contributed by atoms with E-state index >= 15 is 0 Å². The van der Waals surface area contributed by atoms with Crippen LogP contribution in [0.1, 0.15) is 37.2 Å². The van der Waals surface area contributed by atoms with Gasteiger partial charge in [0, 0.05) is 44.0 Å². The highest BCUT2D eigenvalue weighted by Crippen LogP contribution is 2.24. The summed E-state index contributed by atoms with van der Waals surface area (Å²) in [5.41, 5.74) is 2.05. The van der Waals surface area contributed by atoms with Gasteiger partial charge >= 0.3 is 0 Å². The third-order valence-corrected chi connectivity index (χ3v) is 5.31. The normalized spacial score (nSPS) is 18.3. The summed E-state index contributed by atoms with van der Waals surface area (Å²) >= 11 is 0. The molecule has 0 aliphatic carbocycles. The van der Waals surface area contributed by atoms with Gasteiger partial charge < -0.3 is 8.98 Å². The summed E-state index contributed by atoms with van der Waals surface area (Å²) in [7, 11) is 2.07. The van der Waals surface area contributed by atoms with Gasteiger partial charge in [0.15, 0.2) is 0 Å². The molecule has 1 saturated heterocycles. The molecule has 136 valence electrons. The van der Waals surface area contributed by atoms with Crippen molar-refractivity contribution in [1.29, 1.82) is 0 Å². The van der Waals surface area contributed by atoms with Gasteiger partial charge in [0.1, 0.15) is 12.1 Å². The first-order valence-corrected chi connectivity index (χ1v) is 9.49. The molecule has 5 nitrogen and oxygen atoms in total. The fourth-order valence-corrected chi connectivity index (χ4v) is 3.83. The number of hydrogen-bond donors (Lipinski definition) is 0. The Labute approximate surface area is 154 Å². The van der Waals surface area contributed by atoms with Crippen LogP contribution in [0.3, 0.4) is 0 Å². The number of rotatable bonds is 6. The highest BCUT2D eigenvalue weighted by molar-refractivity contribution is 5.52. The SMILES string of the molecule is Cn1ccnc1CC[C@@H]1CCCCN1Cc1coc(-c2ccccc2)n1. The van der Waals surface area contributed by atoms with Gasteiger partial charge in [0.05, 0.1) is 5.69 Å². The number of benzene rings is 1. The lowest BCUT2D eigenvalue weighted by Gasteiger charge is -2.35. The zero-order valence-corrected chi connectivity index (χ0v) is 15.3. The van der Waals surface area contributed by atoms with E-state index in [1.54, 1.807) is 0 Å². The van der Waals surface area contributed by atoms with Crippen molar-refractivity contribution in [3.05, 3.63) is 60.5 Å². The summed E-state index contributed by atoms with van der Waals surface area (Å²) in [5, 5.41) is 0. The molecule has 1 aliphatic rings. The highest BCUT2D eigenvalue weighted by atomic mass is 16.3. The molecule has 2 aromatic heterocycles. The molecule has 5 heteroatoms. The lowest BCUT2D eigenvalue weighted by Crippen LogP contribution is -2.39. The lowest BCUT2D eigenvalue weighted by molar-refractivity contribution is 0.130. The van der Waals surface area contributed by atoms with E-state index in [1.807, 2.05) is 49.0 Å². The first-order chi connectivity index (χ1) is 12.8. The maximum Gasteiger partial charge on any atom is 0.226 e. The van der Waals surface area contributed by atoms with E-state index in [9.17, 15) is 0 Å². The number of nitrogens with zero attached hydrogens (tertiary/aromatic N) is 4. The zero-order chi connectivity index (χ0) is 17.8. The van der Waals surface area contributed by atoms with Crippen LogP contribution in [0.15, 0.2) is 53.4 Å². The van der Waals surface area contributed by atoms with Crippen LogP contribution in [0.2, 0.25) is 0 Å². The van der Waals surface area contributed by atoms with Crippen molar-refractivity contribution in [3.63, 3.8) is 0 Å². The van der Waals surface area contributed by atoms with E-state index in [0.717, 1.165) is 37.2 Å². The van der Waals surface area contributed by atoms with E-state index in [-0.39, 0.29) is 0 Å². The van der Waals surface area contributed by atoms with E-state index in [1.165, 1.54) is 25.1 Å². The van der Waals surface area contributed by atoms with Crippen molar-refractivity contribution in [1.82, 2.24) is 19.4 Å². The van der Waals surface area contributed by atoms with Crippen molar-refractivity contribution in [2.75, 3.05) is 6.54 Å². The number of aromatic nitrogens is 3. The first-order valence-electron chi connectivity index (χ1n) is 9.49. The predicted octanol–water partition coefficient (Wildman–Crippen LogP) is 4.06. The number of likely N-dealkylation sites (tertiary alicyclic amines) is 1. The maximum atomic E-state index is 5.71. The van der Waals surface area contributed by atoms with Crippen LogP contribution in [-0.2, 0) is 20.0 Å². The average molecular weight is 350 g/mol. The molecule has 26 heavy (non-hydrogen) atoms. The molecule has 1 fully saturated rings. The van der Waals surface area contributed by atoms with E-state index in [2.05, 4.69) is 21.5 Å². The summed E-state index contributed by atoms with van der Waals surface area (Å²) in [6, 6.07) is 10.7. The summed E-state index contributed by atoms with van der Waals surface area (Å²) < 4.78 is 7.83. The van der Waals surface area contributed by atoms with Gasteiger partial charge in [-0.15, -0.1) is 0 Å². The molecule has 3 aromatic rings. The highest BCUT2D eigenvalue weighted by Gasteiger charge is 2.23. The molecule has 1 aromatic carbocycles.